The molecule has 2 aromatic heterocycles. The van der Waals surface area contributed by atoms with Crippen molar-refractivity contribution in [3.05, 3.63) is 71.2 Å². The molecule has 0 radical (unpaired) electrons. The Morgan fingerprint density at radius 3 is 2.47 bits per heavy atom. The van der Waals surface area contributed by atoms with Crippen molar-refractivity contribution in [3.8, 4) is 11.3 Å². The molecule has 0 aliphatic carbocycles. The Kier molecular flexibility index (Phi) is 5.39. The van der Waals surface area contributed by atoms with Crippen molar-refractivity contribution in [2.75, 3.05) is 16.3 Å². The second-order valence-electron chi connectivity index (χ2n) is 7.37. The highest BCUT2D eigenvalue weighted by Crippen LogP contribution is 2.28. The zero-order valence-electron chi connectivity index (χ0n) is 17.4. The highest BCUT2D eigenvalue weighted by Gasteiger charge is 2.20. The minimum Gasteiger partial charge on any atom is -0.335 e. The third-order valence-corrected chi connectivity index (χ3v) is 5.38. The standard InChI is InChI=1S/C22H19FN4O4S/c1-12-4-9-16(10-18(12)27-32(3,29)30)24-21(28)17-11-19(14-5-7-15(23)8-6-14)25-22-20(17)13(2)26-31-22/h4-11,27H,1-3H3,(H,24,28). The first-order valence-electron chi connectivity index (χ1n) is 9.53. The van der Waals surface area contributed by atoms with Crippen molar-refractivity contribution in [1.29, 1.82) is 0 Å². The number of amides is 1. The van der Waals surface area contributed by atoms with Crippen LogP contribution >= 0.6 is 0 Å². The molecule has 0 unspecified atom stereocenters. The SMILES string of the molecule is Cc1ccc(NC(=O)c2cc(-c3ccc(F)cc3)nc3onc(C)c23)cc1NS(C)(=O)=O. The zero-order valence-corrected chi connectivity index (χ0v) is 18.2. The Labute approximate surface area is 183 Å². The van der Waals surface area contributed by atoms with Crippen LogP contribution < -0.4 is 10.0 Å². The Hall–Kier alpha value is -3.79. The molecule has 8 nitrogen and oxygen atoms in total. The molecule has 0 saturated carbocycles. The average Bonchev–Trinajstić information content (AvgIpc) is 3.10. The van der Waals surface area contributed by atoms with Gasteiger partial charge < -0.3 is 9.84 Å². The first-order chi connectivity index (χ1) is 15.1. The average molecular weight is 454 g/mol. The minimum absolute atomic E-state index is 0.179. The number of pyridine rings is 1. The maximum Gasteiger partial charge on any atom is 0.259 e. The molecule has 0 aliphatic heterocycles. The first kappa shape index (κ1) is 21.4. The van der Waals surface area contributed by atoms with Crippen molar-refractivity contribution in [2.45, 2.75) is 13.8 Å². The van der Waals surface area contributed by atoms with Gasteiger partial charge in [-0.3, -0.25) is 9.52 Å². The molecule has 2 heterocycles. The van der Waals surface area contributed by atoms with Gasteiger partial charge in [-0.2, -0.15) is 0 Å². The summed E-state index contributed by atoms with van der Waals surface area (Å²) in [6, 6.07) is 12.2. The number of rotatable bonds is 5. The van der Waals surface area contributed by atoms with Crippen LogP contribution in [0.5, 0.6) is 0 Å². The number of aryl methyl sites for hydroxylation is 2. The zero-order chi connectivity index (χ0) is 23.0. The van der Waals surface area contributed by atoms with Gasteiger partial charge in [0.2, 0.25) is 10.0 Å². The summed E-state index contributed by atoms with van der Waals surface area (Å²) in [7, 11) is -3.48. The molecule has 0 atom stereocenters. The molecule has 10 heteroatoms. The lowest BCUT2D eigenvalue weighted by molar-refractivity contribution is 0.102. The van der Waals surface area contributed by atoms with Gasteiger partial charge in [0.15, 0.2) is 0 Å². The number of halogens is 1. The Morgan fingerprint density at radius 1 is 1.06 bits per heavy atom. The third kappa shape index (κ3) is 4.45. The number of hydrogen-bond donors (Lipinski definition) is 2. The summed E-state index contributed by atoms with van der Waals surface area (Å²) in [4.78, 5) is 17.6. The van der Waals surface area contributed by atoms with E-state index in [1.807, 2.05) is 0 Å². The van der Waals surface area contributed by atoms with E-state index in [1.165, 1.54) is 18.2 Å². The number of benzene rings is 2. The lowest BCUT2D eigenvalue weighted by atomic mass is 10.0. The molecule has 164 valence electrons. The maximum atomic E-state index is 13.3. The van der Waals surface area contributed by atoms with Crippen LogP contribution in [0.4, 0.5) is 15.8 Å². The largest absolute Gasteiger partial charge is 0.335 e. The van der Waals surface area contributed by atoms with Gasteiger partial charge in [-0.15, -0.1) is 0 Å². The summed E-state index contributed by atoms with van der Waals surface area (Å²) >= 11 is 0. The molecule has 1 amide bonds. The van der Waals surface area contributed by atoms with Crippen LogP contribution in [-0.2, 0) is 10.0 Å². The van der Waals surface area contributed by atoms with Gasteiger partial charge in [0.05, 0.1) is 34.3 Å². The van der Waals surface area contributed by atoms with Crippen LogP contribution in [0.3, 0.4) is 0 Å². The summed E-state index contributed by atoms with van der Waals surface area (Å²) in [6.07, 6.45) is 1.05. The molecule has 32 heavy (non-hydrogen) atoms. The number of aromatic nitrogens is 2. The molecular weight excluding hydrogens is 435 g/mol. The molecule has 4 rings (SSSR count). The summed E-state index contributed by atoms with van der Waals surface area (Å²) in [5.74, 6) is -0.845. The fourth-order valence-corrected chi connectivity index (χ4v) is 3.87. The fraction of sp³-hybridized carbons (Fsp3) is 0.136. The molecule has 0 spiro atoms. The van der Waals surface area contributed by atoms with E-state index in [1.54, 1.807) is 44.2 Å². The number of nitrogens with zero attached hydrogens (tertiary/aromatic N) is 2. The highest BCUT2D eigenvalue weighted by molar-refractivity contribution is 7.92. The van der Waals surface area contributed by atoms with E-state index in [9.17, 15) is 17.6 Å². The van der Waals surface area contributed by atoms with Gasteiger partial charge in [0, 0.05) is 11.3 Å². The molecule has 0 aliphatic rings. The van der Waals surface area contributed by atoms with Crippen molar-refractivity contribution < 1.29 is 22.1 Å². The van der Waals surface area contributed by atoms with E-state index in [4.69, 9.17) is 4.52 Å². The molecule has 2 aromatic carbocycles. The Balaban J connectivity index is 1.74. The maximum absolute atomic E-state index is 13.3. The molecule has 0 fully saturated rings. The first-order valence-corrected chi connectivity index (χ1v) is 11.4. The van der Waals surface area contributed by atoms with Crippen LogP contribution in [0.1, 0.15) is 21.6 Å². The van der Waals surface area contributed by atoms with Gasteiger partial charge in [-0.25, -0.2) is 17.8 Å². The quantitative estimate of drug-likeness (QED) is 0.466. The third-order valence-electron chi connectivity index (χ3n) is 4.79. The Bertz CT molecular complexity index is 1450. The van der Waals surface area contributed by atoms with Crippen LogP contribution in [0, 0.1) is 19.7 Å². The lowest BCUT2D eigenvalue weighted by Gasteiger charge is -2.12. The number of carbonyl (C=O) groups is 1. The van der Waals surface area contributed by atoms with Gasteiger partial charge in [-0.1, -0.05) is 11.2 Å². The van der Waals surface area contributed by atoms with E-state index in [0.717, 1.165) is 6.26 Å². The number of carbonyl (C=O) groups excluding carboxylic acids is 1. The van der Waals surface area contributed by atoms with E-state index in [2.05, 4.69) is 20.2 Å². The van der Waals surface area contributed by atoms with E-state index >= 15 is 0 Å². The smallest absolute Gasteiger partial charge is 0.259 e. The predicted molar refractivity (Wildman–Crippen MR) is 120 cm³/mol. The normalized spacial score (nSPS) is 11.5. The molecule has 0 bridgehead atoms. The van der Waals surface area contributed by atoms with Crippen LogP contribution in [0.2, 0.25) is 0 Å². The van der Waals surface area contributed by atoms with Gasteiger partial charge in [0.25, 0.3) is 11.6 Å². The highest BCUT2D eigenvalue weighted by atomic mass is 32.2. The second kappa shape index (κ2) is 8.04. The van der Waals surface area contributed by atoms with Gasteiger partial charge in [-0.05, 0) is 61.9 Å². The lowest BCUT2D eigenvalue weighted by Crippen LogP contribution is -2.14. The van der Waals surface area contributed by atoms with E-state index in [0.29, 0.717) is 39.3 Å². The van der Waals surface area contributed by atoms with Crippen LogP contribution in [0.25, 0.3) is 22.4 Å². The second-order valence-corrected chi connectivity index (χ2v) is 9.12. The van der Waals surface area contributed by atoms with Crippen LogP contribution in [0.15, 0.2) is 53.1 Å². The Morgan fingerprint density at radius 2 is 1.78 bits per heavy atom. The summed E-state index contributed by atoms with van der Waals surface area (Å²) in [5.41, 5.74) is 3.42. The number of fused-ring (bicyclic) bond motifs is 1. The summed E-state index contributed by atoms with van der Waals surface area (Å²) < 4.78 is 44.2. The number of nitrogens with one attached hydrogen (secondary N) is 2. The fourth-order valence-electron chi connectivity index (χ4n) is 3.25. The summed E-state index contributed by atoms with van der Waals surface area (Å²) in [6.45, 7) is 3.45. The van der Waals surface area contributed by atoms with E-state index < -0.39 is 15.9 Å². The molecule has 0 saturated heterocycles. The molecular formula is C22H19FN4O4S. The minimum atomic E-state index is -3.48. The van der Waals surface area contributed by atoms with Crippen molar-refractivity contribution in [1.82, 2.24) is 10.1 Å². The number of hydrogen-bond acceptors (Lipinski definition) is 6. The van der Waals surface area contributed by atoms with Crippen molar-refractivity contribution in [2.24, 2.45) is 0 Å². The number of sulfonamides is 1. The van der Waals surface area contributed by atoms with Gasteiger partial charge in [0.1, 0.15) is 5.82 Å². The predicted octanol–water partition coefficient (Wildman–Crippen LogP) is 4.27. The monoisotopic (exact) mass is 454 g/mol. The van der Waals surface area contributed by atoms with Crippen molar-refractivity contribution >= 4 is 38.4 Å². The van der Waals surface area contributed by atoms with Gasteiger partial charge >= 0.3 is 0 Å². The topological polar surface area (TPSA) is 114 Å². The molecule has 2 N–H and O–H groups in total. The molecule has 4 aromatic rings. The van der Waals surface area contributed by atoms with Crippen molar-refractivity contribution in [3.63, 3.8) is 0 Å². The van der Waals surface area contributed by atoms with Crippen LogP contribution in [-0.4, -0.2) is 30.7 Å². The van der Waals surface area contributed by atoms with E-state index in [-0.39, 0.29) is 17.1 Å². The summed E-state index contributed by atoms with van der Waals surface area (Å²) in [5, 5.41) is 7.14. The number of anilines is 2.